The van der Waals surface area contributed by atoms with Crippen molar-refractivity contribution in [1.29, 1.82) is 0 Å². The number of amides is 2. The Balaban J connectivity index is 1.69. The number of imidazole rings is 1. The van der Waals surface area contributed by atoms with Crippen molar-refractivity contribution < 1.29 is 9.59 Å². The molecule has 156 valence electrons. The molecule has 2 aromatic carbocycles. The minimum Gasteiger partial charge on any atom is -0.364 e. The van der Waals surface area contributed by atoms with Gasteiger partial charge in [0.1, 0.15) is 11.5 Å². The minimum atomic E-state index is -0.520. The highest BCUT2D eigenvalue weighted by Crippen LogP contribution is 2.40. The monoisotopic (exact) mass is 405 g/mol. The van der Waals surface area contributed by atoms with Crippen molar-refractivity contribution in [2.45, 2.75) is 51.5 Å². The van der Waals surface area contributed by atoms with E-state index < -0.39 is 11.9 Å². The average molecular weight is 406 g/mol. The molecule has 0 bridgehead atoms. The van der Waals surface area contributed by atoms with Crippen molar-refractivity contribution in [2.24, 2.45) is 5.73 Å². The van der Waals surface area contributed by atoms with Gasteiger partial charge >= 0.3 is 5.91 Å². The largest absolute Gasteiger partial charge is 0.364 e. The van der Waals surface area contributed by atoms with Crippen molar-refractivity contribution in [1.82, 2.24) is 14.5 Å². The molecule has 3 N–H and O–H groups in total. The summed E-state index contributed by atoms with van der Waals surface area (Å²) in [4.78, 5) is 34.1. The van der Waals surface area contributed by atoms with E-state index in [9.17, 15) is 9.59 Å². The van der Waals surface area contributed by atoms with E-state index in [1.807, 2.05) is 42.5 Å². The molecular weight excluding hydrogens is 376 g/mol. The number of rotatable bonds is 6. The van der Waals surface area contributed by atoms with Gasteiger partial charge in [0.15, 0.2) is 6.04 Å². The number of primary amides is 1. The third-order valence-electron chi connectivity index (χ3n) is 6.30. The third kappa shape index (κ3) is 3.41. The van der Waals surface area contributed by atoms with Gasteiger partial charge in [0.05, 0.1) is 24.0 Å². The van der Waals surface area contributed by atoms with E-state index in [0.29, 0.717) is 25.8 Å². The molecule has 0 saturated carbocycles. The molecular formula is C24H29N4O2+. The lowest BCUT2D eigenvalue weighted by Gasteiger charge is -2.37. The van der Waals surface area contributed by atoms with Gasteiger partial charge in [0.25, 0.3) is 5.91 Å². The molecule has 0 aliphatic carbocycles. The number of aryl methyl sites for hydroxylation is 1. The number of benzene rings is 2. The maximum Gasteiger partial charge on any atom is 0.319 e. The number of likely N-dealkylation sites (tertiary alicyclic amines) is 1. The lowest BCUT2D eigenvalue weighted by atomic mass is 9.97. The zero-order valence-corrected chi connectivity index (χ0v) is 17.6. The van der Waals surface area contributed by atoms with Gasteiger partial charge in [0, 0.05) is 24.8 Å². The molecule has 1 aliphatic rings. The summed E-state index contributed by atoms with van der Waals surface area (Å²) in [7, 11) is 0. The number of aromatic amines is 1. The predicted molar refractivity (Wildman–Crippen MR) is 119 cm³/mol. The Labute approximate surface area is 176 Å². The molecule has 1 aliphatic heterocycles. The van der Waals surface area contributed by atoms with Gasteiger partial charge in [-0.2, -0.15) is 0 Å². The topological polar surface area (TPSA) is 88.8 Å². The molecule has 2 heterocycles. The molecule has 1 unspecified atom stereocenters. The summed E-state index contributed by atoms with van der Waals surface area (Å²) in [6.07, 6.45) is 2.24. The van der Waals surface area contributed by atoms with Gasteiger partial charge < -0.3 is 10.7 Å². The SMILES string of the molecule is CC(C)c1ccccc1[N+]1(C(=O)CCc2nc3ccccc3[nH]2)CCC[C@H]1C(N)=O. The number of nitrogens with zero attached hydrogens (tertiary/aromatic N) is 2. The van der Waals surface area contributed by atoms with Crippen LogP contribution < -0.4 is 10.2 Å². The van der Waals surface area contributed by atoms with Gasteiger partial charge in [-0.25, -0.2) is 14.3 Å². The summed E-state index contributed by atoms with van der Waals surface area (Å²) < 4.78 is 0.0317. The van der Waals surface area contributed by atoms with Crippen LogP contribution in [0.2, 0.25) is 0 Å². The summed E-state index contributed by atoms with van der Waals surface area (Å²) in [5, 5.41) is 0. The van der Waals surface area contributed by atoms with Crippen LogP contribution in [-0.4, -0.2) is 34.4 Å². The molecule has 3 aromatic rings. The van der Waals surface area contributed by atoms with E-state index in [4.69, 9.17) is 5.73 Å². The van der Waals surface area contributed by atoms with Crippen LogP contribution in [0.5, 0.6) is 0 Å². The number of hydrogen-bond acceptors (Lipinski definition) is 3. The Morgan fingerprint density at radius 2 is 1.90 bits per heavy atom. The number of carbonyl (C=O) groups excluding carboxylic acids is 2. The van der Waals surface area contributed by atoms with Crippen LogP contribution in [0.4, 0.5) is 5.69 Å². The van der Waals surface area contributed by atoms with Crippen LogP contribution in [0.15, 0.2) is 48.5 Å². The van der Waals surface area contributed by atoms with E-state index in [2.05, 4.69) is 29.9 Å². The first-order valence-corrected chi connectivity index (χ1v) is 10.7. The number of carbonyl (C=O) groups is 2. The number of aromatic nitrogens is 2. The van der Waals surface area contributed by atoms with Crippen LogP contribution in [0.1, 0.15) is 50.4 Å². The van der Waals surface area contributed by atoms with Gasteiger partial charge in [0.2, 0.25) is 0 Å². The zero-order chi connectivity index (χ0) is 21.3. The summed E-state index contributed by atoms with van der Waals surface area (Å²) in [5.41, 5.74) is 9.68. The summed E-state index contributed by atoms with van der Waals surface area (Å²) >= 11 is 0. The Kier molecular flexibility index (Phi) is 5.43. The first-order valence-electron chi connectivity index (χ1n) is 10.7. The van der Waals surface area contributed by atoms with Crippen molar-refractivity contribution in [3.05, 3.63) is 59.9 Å². The average Bonchev–Trinajstić information content (AvgIpc) is 3.36. The van der Waals surface area contributed by atoms with Crippen LogP contribution in [0.25, 0.3) is 11.0 Å². The number of hydrogen-bond donors (Lipinski definition) is 2. The fourth-order valence-electron chi connectivity index (χ4n) is 4.88. The second kappa shape index (κ2) is 8.03. The standard InChI is InChI=1S/C24H28N4O2/c1-16(2)17-8-3-6-11-20(17)28(15-7-12-21(28)24(25)30)23(29)14-13-22-26-18-9-4-5-10-19(18)27-22/h3-6,8-11,16,21H,7,12-15H2,1-2H3,(H2-,25,26,27,30)/p+1/t21-,28?/m0/s1. The highest BCUT2D eigenvalue weighted by molar-refractivity contribution is 5.97. The molecule has 1 saturated heterocycles. The first kappa shape index (κ1) is 20.3. The number of fused-ring (bicyclic) bond motifs is 1. The highest BCUT2D eigenvalue weighted by Gasteiger charge is 2.53. The second-order valence-electron chi connectivity index (χ2n) is 8.46. The molecule has 4 rings (SSSR count). The van der Waals surface area contributed by atoms with Gasteiger partial charge in [-0.05, 0) is 24.1 Å². The van der Waals surface area contributed by atoms with E-state index in [1.165, 1.54) is 0 Å². The molecule has 0 radical (unpaired) electrons. The van der Waals surface area contributed by atoms with E-state index in [0.717, 1.165) is 34.5 Å². The Morgan fingerprint density at radius 1 is 1.17 bits per heavy atom. The Hall–Kier alpha value is -2.99. The lowest BCUT2D eigenvalue weighted by Crippen LogP contribution is -2.62. The van der Waals surface area contributed by atoms with Gasteiger partial charge in [-0.1, -0.05) is 44.2 Å². The molecule has 6 heteroatoms. The van der Waals surface area contributed by atoms with Gasteiger partial charge in [-0.3, -0.25) is 4.79 Å². The number of nitrogens with one attached hydrogen (secondary N) is 1. The second-order valence-corrected chi connectivity index (χ2v) is 8.46. The van der Waals surface area contributed by atoms with E-state index in [1.54, 1.807) is 0 Å². The van der Waals surface area contributed by atoms with Crippen LogP contribution in [0.3, 0.4) is 0 Å². The van der Waals surface area contributed by atoms with Gasteiger partial charge in [-0.15, -0.1) is 0 Å². The quantitative estimate of drug-likeness (QED) is 0.611. The molecule has 1 aromatic heterocycles. The van der Waals surface area contributed by atoms with Crippen molar-refractivity contribution in [3.63, 3.8) is 0 Å². The molecule has 1 fully saturated rings. The zero-order valence-electron chi connectivity index (χ0n) is 17.6. The Bertz CT molecular complexity index is 1050. The normalized spacial score (nSPS) is 21.4. The third-order valence-corrected chi connectivity index (χ3v) is 6.30. The van der Waals surface area contributed by atoms with Crippen molar-refractivity contribution in [2.75, 3.05) is 6.54 Å². The molecule has 2 atom stereocenters. The van der Waals surface area contributed by atoms with Crippen molar-refractivity contribution >= 4 is 28.5 Å². The maximum atomic E-state index is 13.8. The van der Waals surface area contributed by atoms with E-state index >= 15 is 0 Å². The Morgan fingerprint density at radius 3 is 2.63 bits per heavy atom. The minimum absolute atomic E-state index is 0.0317. The lowest BCUT2D eigenvalue weighted by molar-refractivity contribution is -0.136. The summed E-state index contributed by atoms with van der Waals surface area (Å²) in [5.74, 6) is 0.663. The summed E-state index contributed by atoms with van der Waals surface area (Å²) in [6, 6.07) is 15.3. The number of quaternary nitrogens is 1. The number of H-pyrrole nitrogens is 1. The molecule has 0 spiro atoms. The predicted octanol–water partition coefficient (Wildman–Crippen LogP) is 3.80. The molecule has 2 amide bonds. The number of para-hydroxylation sites is 3. The summed E-state index contributed by atoms with van der Waals surface area (Å²) in [6.45, 7) is 4.84. The van der Waals surface area contributed by atoms with E-state index in [-0.39, 0.29) is 16.3 Å². The number of nitrogens with two attached hydrogens (primary N) is 1. The smallest absolute Gasteiger partial charge is 0.319 e. The fourth-order valence-corrected chi connectivity index (χ4v) is 4.88. The van der Waals surface area contributed by atoms with Crippen LogP contribution in [-0.2, 0) is 16.0 Å². The van der Waals surface area contributed by atoms with Crippen LogP contribution in [0, 0.1) is 0 Å². The molecule has 6 nitrogen and oxygen atoms in total. The van der Waals surface area contributed by atoms with Crippen molar-refractivity contribution in [3.8, 4) is 0 Å². The maximum absolute atomic E-state index is 13.8. The highest BCUT2D eigenvalue weighted by atomic mass is 16.2. The first-order chi connectivity index (χ1) is 14.4. The van der Waals surface area contributed by atoms with Crippen LogP contribution >= 0.6 is 0 Å². The fraction of sp³-hybridized carbons (Fsp3) is 0.375. The molecule has 30 heavy (non-hydrogen) atoms.